The first-order valence-electron chi connectivity index (χ1n) is 5.43. The van der Waals surface area contributed by atoms with Crippen molar-refractivity contribution in [3.63, 3.8) is 0 Å². The highest BCUT2D eigenvalue weighted by molar-refractivity contribution is 7.92. The lowest BCUT2D eigenvalue weighted by Gasteiger charge is -2.12. The molecule has 0 fully saturated rings. The molecule has 0 bridgehead atoms. The molecule has 2 aromatic carbocycles. The zero-order valence-electron chi connectivity index (χ0n) is 10.2. The van der Waals surface area contributed by atoms with Crippen LogP contribution in [0.4, 0.5) is 11.4 Å². The molecule has 2 rings (SSSR count). The minimum absolute atomic E-state index is 0.0534. The van der Waals surface area contributed by atoms with Crippen LogP contribution in [-0.4, -0.2) is 8.42 Å². The average molecular weight is 386 g/mol. The van der Waals surface area contributed by atoms with Crippen LogP contribution >= 0.6 is 46.4 Å². The Morgan fingerprint density at radius 2 is 1.43 bits per heavy atom. The molecule has 4 nitrogen and oxygen atoms in total. The van der Waals surface area contributed by atoms with E-state index in [1.165, 1.54) is 30.3 Å². The fourth-order valence-corrected chi connectivity index (χ4v) is 3.30. The van der Waals surface area contributed by atoms with Crippen molar-refractivity contribution in [3.8, 4) is 0 Å². The van der Waals surface area contributed by atoms with Gasteiger partial charge >= 0.3 is 0 Å². The van der Waals surface area contributed by atoms with Crippen molar-refractivity contribution in [2.24, 2.45) is 0 Å². The molecule has 0 unspecified atom stereocenters. The molecule has 21 heavy (non-hydrogen) atoms. The van der Waals surface area contributed by atoms with Crippen molar-refractivity contribution in [1.29, 1.82) is 0 Å². The monoisotopic (exact) mass is 384 g/mol. The van der Waals surface area contributed by atoms with Gasteiger partial charge in [-0.2, -0.15) is 0 Å². The molecule has 0 radical (unpaired) electrons. The van der Waals surface area contributed by atoms with Crippen LogP contribution in [0, 0.1) is 0 Å². The van der Waals surface area contributed by atoms with Crippen molar-refractivity contribution >= 4 is 67.8 Å². The van der Waals surface area contributed by atoms with Crippen molar-refractivity contribution in [2.45, 2.75) is 4.90 Å². The maximum atomic E-state index is 12.3. The molecule has 0 heterocycles. The summed E-state index contributed by atoms with van der Waals surface area (Å²) in [4.78, 5) is -0.0534. The lowest BCUT2D eigenvalue weighted by atomic mass is 10.3. The van der Waals surface area contributed by atoms with Crippen LogP contribution in [0.25, 0.3) is 0 Å². The third-order valence-electron chi connectivity index (χ3n) is 2.54. The van der Waals surface area contributed by atoms with Gasteiger partial charge in [-0.3, -0.25) is 4.72 Å². The van der Waals surface area contributed by atoms with E-state index in [0.29, 0.717) is 0 Å². The Balaban J connectivity index is 2.42. The number of hydrogen-bond donors (Lipinski definition) is 2. The number of rotatable bonds is 3. The zero-order chi connectivity index (χ0) is 15.8. The third-order valence-corrected chi connectivity index (χ3v) is 5.36. The number of nitrogen functional groups attached to an aromatic ring is 1. The van der Waals surface area contributed by atoms with E-state index in [2.05, 4.69) is 4.72 Å². The highest BCUT2D eigenvalue weighted by Crippen LogP contribution is 2.32. The number of sulfonamides is 1. The second kappa shape index (κ2) is 6.10. The van der Waals surface area contributed by atoms with E-state index >= 15 is 0 Å². The number of nitrogens with two attached hydrogens (primary N) is 1. The fraction of sp³-hybridized carbons (Fsp3) is 0. The Morgan fingerprint density at radius 3 is 2.05 bits per heavy atom. The van der Waals surface area contributed by atoms with Crippen LogP contribution < -0.4 is 10.5 Å². The van der Waals surface area contributed by atoms with Gasteiger partial charge in [0.1, 0.15) is 0 Å². The van der Waals surface area contributed by atoms with Crippen LogP contribution in [0.15, 0.2) is 35.2 Å². The van der Waals surface area contributed by atoms with Gasteiger partial charge in [0.2, 0.25) is 0 Å². The minimum atomic E-state index is -3.88. The van der Waals surface area contributed by atoms with Gasteiger partial charge in [-0.1, -0.05) is 46.4 Å². The van der Waals surface area contributed by atoms with Gasteiger partial charge in [0.25, 0.3) is 10.0 Å². The van der Waals surface area contributed by atoms with Crippen LogP contribution in [0.5, 0.6) is 0 Å². The summed E-state index contributed by atoms with van der Waals surface area (Å²) < 4.78 is 26.9. The summed E-state index contributed by atoms with van der Waals surface area (Å²) in [6.45, 7) is 0. The molecule has 2 aromatic rings. The predicted molar refractivity (Wildman–Crippen MR) is 88.1 cm³/mol. The number of benzene rings is 2. The van der Waals surface area contributed by atoms with Crippen molar-refractivity contribution in [1.82, 2.24) is 0 Å². The lowest BCUT2D eigenvalue weighted by molar-refractivity contribution is 0.601. The van der Waals surface area contributed by atoms with Crippen LogP contribution in [0.1, 0.15) is 0 Å². The molecule has 0 saturated heterocycles. The standard InChI is InChI=1S/C12H8Cl4N2O2S/c13-7-2-1-6(3-8(7)14)21(19,20)18-12-5-10(16)9(15)4-11(12)17/h1-5,18H,17H2. The first kappa shape index (κ1) is 16.5. The molecule has 0 atom stereocenters. The first-order valence-corrected chi connectivity index (χ1v) is 8.42. The summed E-state index contributed by atoms with van der Waals surface area (Å²) in [5.74, 6) is 0. The van der Waals surface area contributed by atoms with E-state index in [4.69, 9.17) is 52.1 Å². The molecule has 3 N–H and O–H groups in total. The van der Waals surface area contributed by atoms with Gasteiger partial charge in [0, 0.05) is 0 Å². The van der Waals surface area contributed by atoms with E-state index in [0.717, 1.165) is 0 Å². The minimum Gasteiger partial charge on any atom is -0.397 e. The molecule has 0 amide bonds. The number of nitrogens with one attached hydrogen (secondary N) is 1. The van der Waals surface area contributed by atoms with E-state index in [9.17, 15) is 8.42 Å². The maximum Gasteiger partial charge on any atom is 0.262 e. The van der Waals surface area contributed by atoms with Gasteiger partial charge in [-0.05, 0) is 30.3 Å². The van der Waals surface area contributed by atoms with Gasteiger partial charge < -0.3 is 5.73 Å². The van der Waals surface area contributed by atoms with Gasteiger partial charge in [-0.25, -0.2) is 8.42 Å². The van der Waals surface area contributed by atoms with Gasteiger partial charge in [0.05, 0.1) is 36.4 Å². The Kier molecular flexibility index (Phi) is 4.80. The molecule has 0 aliphatic rings. The second-order valence-corrected chi connectivity index (χ2v) is 7.35. The van der Waals surface area contributed by atoms with E-state index in [1.54, 1.807) is 0 Å². The van der Waals surface area contributed by atoms with Crippen molar-refractivity contribution < 1.29 is 8.42 Å². The summed E-state index contributed by atoms with van der Waals surface area (Å²) in [5, 5.41) is 0.788. The molecule has 0 spiro atoms. The summed E-state index contributed by atoms with van der Waals surface area (Å²) in [6.07, 6.45) is 0. The normalized spacial score (nSPS) is 11.4. The Hall–Kier alpha value is -0.850. The fourth-order valence-electron chi connectivity index (χ4n) is 1.50. The van der Waals surface area contributed by atoms with Crippen LogP contribution in [0.3, 0.4) is 0 Å². The highest BCUT2D eigenvalue weighted by Gasteiger charge is 2.17. The first-order chi connectivity index (χ1) is 9.70. The topological polar surface area (TPSA) is 72.2 Å². The summed E-state index contributed by atoms with van der Waals surface area (Å²) in [7, 11) is -3.88. The molecule has 0 aliphatic heterocycles. The number of hydrogen-bond acceptors (Lipinski definition) is 3. The average Bonchev–Trinajstić information content (AvgIpc) is 2.39. The van der Waals surface area contributed by atoms with Gasteiger partial charge in [-0.15, -0.1) is 0 Å². The smallest absolute Gasteiger partial charge is 0.262 e. The second-order valence-electron chi connectivity index (χ2n) is 4.03. The lowest BCUT2D eigenvalue weighted by Crippen LogP contribution is -2.14. The van der Waals surface area contributed by atoms with E-state index < -0.39 is 10.0 Å². The summed E-state index contributed by atoms with van der Waals surface area (Å²) >= 11 is 23.2. The Morgan fingerprint density at radius 1 is 0.857 bits per heavy atom. The molecular weight excluding hydrogens is 378 g/mol. The SMILES string of the molecule is Nc1cc(Cl)c(Cl)cc1NS(=O)(=O)c1ccc(Cl)c(Cl)c1. The van der Waals surface area contributed by atoms with Gasteiger partial charge in [0.15, 0.2) is 0 Å². The quantitative estimate of drug-likeness (QED) is 0.753. The summed E-state index contributed by atoms with van der Waals surface area (Å²) in [5.41, 5.74) is 5.98. The van der Waals surface area contributed by atoms with Crippen LogP contribution in [-0.2, 0) is 10.0 Å². The molecule has 112 valence electrons. The number of halogens is 4. The van der Waals surface area contributed by atoms with E-state index in [1.807, 2.05) is 0 Å². The molecule has 9 heteroatoms. The Labute approximate surface area is 141 Å². The largest absolute Gasteiger partial charge is 0.397 e. The number of anilines is 2. The zero-order valence-corrected chi connectivity index (χ0v) is 14.0. The maximum absolute atomic E-state index is 12.3. The Bertz CT molecular complexity index is 809. The molecule has 0 aromatic heterocycles. The van der Waals surface area contributed by atoms with E-state index in [-0.39, 0.29) is 36.4 Å². The van der Waals surface area contributed by atoms with Crippen LogP contribution in [0.2, 0.25) is 20.1 Å². The molecular formula is C12H8Cl4N2O2S. The van der Waals surface area contributed by atoms with Crippen molar-refractivity contribution in [2.75, 3.05) is 10.5 Å². The third kappa shape index (κ3) is 3.67. The predicted octanol–water partition coefficient (Wildman–Crippen LogP) is 4.68. The highest BCUT2D eigenvalue weighted by atomic mass is 35.5. The summed E-state index contributed by atoms with van der Waals surface area (Å²) in [6, 6.07) is 6.63. The molecule has 0 saturated carbocycles. The van der Waals surface area contributed by atoms with Crippen molar-refractivity contribution in [3.05, 3.63) is 50.4 Å². The molecule has 0 aliphatic carbocycles.